The van der Waals surface area contributed by atoms with Crippen LogP contribution in [0.3, 0.4) is 0 Å². The molecule has 0 fully saturated rings. The van der Waals surface area contributed by atoms with Gasteiger partial charge in [0.05, 0.1) is 0 Å². The number of nitrogens with zero attached hydrogens (tertiary/aromatic N) is 3. The first-order valence-corrected chi connectivity index (χ1v) is 4.90. The molecule has 1 heterocycles. The molecule has 0 spiro atoms. The first-order valence-electron chi connectivity index (χ1n) is 4.90. The van der Waals surface area contributed by atoms with E-state index in [9.17, 15) is 14.4 Å². The van der Waals surface area contributed by atoms with Crippen LogP contribution in [0.2, 0.25) is 0 Å². The molecule has 88 valence electrons. The zero-order chi connectivity index (χ0) is 12.3. The zero-order valence-electron chi connectivity index (χ0n) is 9.13. The maximum atomic E-state index is 11.6. The van der Waals surface area contributed by atoms with Crippen molar-refractivity contribution in [2.24, 2.45) is 7.05 Å². The average molecular weight is 227 g/mol. The molecule has 1 aromatic rings. The van der Waals surface area contributed by atoms with Crippen LogP contribution in [-0.4, -0.2) is 25.4 Å². The lowest BCUT2D eigenvalue weighted by Crippen LogP contribution is -2.43. The number of aromatic nitrogens is 3. The molecule has 0 aromatic carbocycles. The molecule has 7 nitrogen and oxygen atoms in total. The van der Waals surface area contributed by atoms with Crippen LogP contribution < -0.4 is 11.2 Å². The van der Waals surface area contributed by atoms with E-state index < -0.39 is 22.9 Å². The molecule has 0 aliphatic heterocycles. The van der Waals surface area contributed by atoms with Crippen LogP contribution in [0.1, 0.15) is 30.3 Å². The molecule has 0 saturated carbocycles. The third-order valence-electron chi connectivity index (χ3n) is 2.14. The minimum Gasteiger partial charge on any atom is -0.476 e. The van der Waals surface area contributed by atoms with E-state index in [4.69, 9.17) is 5.11 Å². The average Bonchev–Trinajstić information content (AvgIpc) is 2.23. The highest BCUT2D eigenvalue weighted by Gasteiger charge is 2.16. The van der Waals surface area contributed by atoms with Crippen molar-refractivity contribution < 1.29 is 9.90 Å². The third kappa shape index (κ3) is 2.18. The summed E-state index contributed by atoms with van der Waals surface area (Å²) in [6, 6.07) is 0. The van der Waals surface area contributed by atoms with E-state index in [0.29, 0.717) is 6.42 Å². The van der Waals surface area contributed by atoms with Gasteiger partial charge in [0.1, 0.15) is 0 Å². The first-order chi connectivity index (χ1) is 7.49. The van der Waals surface area contributed by atoms with Gasteiger partial charge >= 0.3 is 11.7 Å². The molecule has 0 atom stereocenters. The normalized spacial score (nSPS) is 10.4. The van der Waals surface area contributed by atoms with Gasteiger partial charge in [0.15, 0.2) is 0 Å². The summed E-state index contributed by atoms with van der Waals surface area (Å²) in [4.78, 5) is 33.9. The summed E-state index contributed by atoms with van der Waals surface area (Å²) in [5.41, 5.74) is -2.06. The quantitative estimate of drug-likeness (QED) is 0.744. The Balaban J connectivity index is 3.40. The molecule has 16 heavy (non-hydrogen) atoms. The fraction of sp³-hybridized carbons (Fsp3) is 0.556. The number of carboxylic acids is 1. The fourth-order valence-corrected chi connectivity index (χ4v) is 1.27. The number of hydrogen-bond donors (Lipinski definition) is 1. The van der Waals surface area contributed by atoms with Gasteiger partial charge in [0.2, 0.25) is 5.69 Å². The third-order valence-corrected chi connectivity index (χ3v) is 2.14. The van der Waals surface area contributed by atoms with Crippen molar-refractivity contribution in [1.82, 2.24) is 14.3 Å². The molecule has 0 radical (unpaired) electrons. The summed E-state index contributed by atoms with van der Waals surface area (Å²) < 4.78 is 1.76. The number of aromatic carboxylic acids is 1. The summed E-state index contributed by atoms with van der Waals surface area (Å²) in [7, 11) is 1.32. The smallest absolute Gasteiger partial charge is 0.362 e. The van der Waals surface area contributed by atoms with E-state index in [0.717, 1.165) is 15.7 Å². The molecule has 0 bridgehead atoms. The number of carboxylic acid groups (broad SMARTS) is 1. The van der Waals surface area contributed by atoms with Crippen LogP contribution >= 0.6 is 0 Å². The van der Waals surface area contributed by atoms with Gasteiger partial charge in [-0.15, -0.1) is 0 Å². The van der Waals surface area contributed by atoms with Crippen molar-refractivity contribution in [3.63, 3.8) is 0 Å². The van der Waals surface area contributed by atoms with Gasteiger partial charge in [-0.25, -0.2) is 14.3 Å². The maximum Gasteiger partial charge on any atom is 0.362 e. The van der Waals surface area contributed by atoms with E-state index >= 15 is 0 Å². The van der Waals surface area contributed by atoms with Gasteiger partial charge < -0.3 is 5.11 Å². The molecule has 1 N–H and O–H groups in total. The van der Waals surface area contributed by atoms with Crippen LogP contribution in [0.5, 0.6) is 0 Å². The minimum absolute atomic E-state index is 0.213. The highest BCUT2D eigenvalue weighted by Crippen LogP contribution is 1.89. The van der Waals surface area contributed by atoms with Crippen molar-refractivity contribution in [3.8, 4) is 0 Å². The topological polar surface area (TPSA) is 94.2 Å². The predicted molar refractivity (Wildman–Crippen MR) is 55.6 cm³/mol. The highest BCUT2D eigenvalue weighted by atomic mass is 16.4. The van der Waals surface area contributed by atoms with Gasteiger partial charge in [-0.05, 0) is 6.42 Å². The molecule has 0 unspecified atom stereocenters. The van der Waals surface area contributed by atoms with Crippen molar-refractivity contribution in [1.29, 1.82) is 0 Å². The summed E-state index contributed by atoms with van der Waals surface area (Å²) in [6.45, 7) is 2.12. The van der Waals surface area contributed by atoms with Gasteiger partial charge in [0, 0.05) is 13.6 Å². The Labute approximate surface area is 90.9 Å². The number of unbranched alkanes of at least 4 members (excludes halogenated alkanes) is 1. The lowest BCUT2D eigenvalue weighted by molar-refractivity contribution is 0.0683. The van der Waals surface area contributed by atoms with Crippen molar-refractivity contribution >= 4 is 5.97 Å². The second-order valence-electron chi connectivity index (χ2n) is 3.37. The number of aryl methyl sites for hydroxylation is 1. The molecule has 0 aliphatic carbocycles. The van der Waals surface area contributed by atoms with Crippen LogP contribution in [-0.2, 0) is 13.6 Å². The number of carbonyl (C=O) groups is 1. The van der Waals surface area contributed by atoms with E-state index in [1.807, 2.05) is 6.92 Å². The predicted octanol–water partition coefficient (Wildman–Crippen LogP) is -0.560. The van der Waals surface area contributed by atoms with Gasteiger partial charge in [-0.2, -0.15) is 5.10 Å². The van der Waals surface area contributed by atoms with Crippen LogP contribution in [0.4, 0.5) is 0 Å². The first kappa shape index (κ1) is 12.2. The fourth-order valence-electron chi connectivity index (χ4n) is 1.27. The molecule has 1 aromatic heterocycles. The van der Waals surface area contributed by atoms with E-state index in [1.54, 1.807) is 0 Å². The van der Waals surface area contributed by atoms with E-state index in [-0.39, 0.29) is 6.54 Å². The van der Waals surface area contributed by atoms with Crippen LogP contribution in [0.15, 0.2) is 9.59 Å². The maximum absolute atomic E-state index is 11.6. The summed E-state index contributed by atoms with van der Waals surface area (Å²) >= 11 is 0. The van der Waals surface area contributed by atoms with Gasteiger partial charge in [0.25, 0.3) is 5.56 Å². The lowest BCUT2D eigenvalue weighted by atomic mass is 10.3. The summed E-state index contributed by atoms with van der Waals surface area (Å²) in [5.74, 6) is -1.43. The van der Waals surface area contributed by atoms with Crippen LogP contribution in [0.25, 0.3) is 0 Å². The molecular weight excluding hydrogens is 214 g/mol. The van der Waals surface area contributed by atoms with Crippen molar-refractivity contribution in [2.75, 3.05) is 0 Å². The van der Waals surface area contributed by atoms with Crippen molar-refractivity contribution in [2.45, 2.75) is 26.3 Å². The Morgan fingerprint density at radius 1 is 1.44 bits per heavy atom. The molecular formula is C9H13N3O4. The second-order valence-corrected chi connectivity index (χ2v) is 3.37. The zero-order valence-corrected chi connectivity index (χ0v) is 9.13. The Bertz CT molecular complexity index is 514. The SMILES string of the molecule is CCCCn1c(=O)c(C(=O)O)nn(C)c1=O. The molecule has 0 amide bonds. The Morgan fingerprint density at radius 2 is 2.06 bits per heavy atom. The van der Waals surface area contributed by atoms with E-state index in [1.165, 1.54) is 7.05 Å². The van der Waals surface area contributed by atoms with E-state index in [2.05, 4.69) is 5.10 Å². The van der Waals surface area contributed by atoms with Gasteiger partial charge in [-0.1, -0.05) is 13.3 Å². The lowest BCUT2D eigenvalue weighted by Gasteiger charge is -2.06. The minimum atomic E-state index is -1.43. The van der Waals surface area contributed by atoms with Gasteiger partial charge in [-0.3, -0.25) is 9.36 Å². The van der Waals surface area contributed by atoms with Crippen molar-refractivity contribution in [3.05, 3.63) is 26.5 Å². The summed E-state index contributed by atoms with van der Waals surface area (Å²) in [6.07, 6.45) is 1.44. The Morgan fingerprint density at radius 3 is 2.56 bits per heavy atom. The molecule has 1 rings (SSSR count). The number of rotatable bonds is 4. The monoisotopic (exact) mass is 227 g/mol. The summed E-state index contributed by atoms with van der Waals surface area (Å²) in [5, 5.41) is 12.2. The highest BCUT2D eigenvalue weighted by molar-refractivity contribution is 5.84. The Kier molecular flexibility index (Phi) is 3.60. The Hall–Kier alpha value is -1.92. The molecule has 7 heteroatoms. The molecule has 0 saturated heterocycles. The second kappa shape index (κ2) is 4.73. The molecule has 0 aliphatic rings. The number of hydrogen-bond acceptors (Lipinski definition) is 4. The largest absolute Gasteiger partial charge is 0.476 e. The van der Waals surface area contributed by atoms with Crippen LogP contribution in [0, 0.1) is 0 Å². The standard InChI is InChI=1S/C9H13N3O4/c1-3-4-5-12-7(13)6(8(14)15)10-11(2)9(12)16/h3-5H2,1-2H3,(H,14,15).